The predicted octanol–water partition coefficient (Wildman–Crippen LogP) is 4.32. The maximum atomic E-state index is 6.00. The van der Waals surface area contributed by atoms with E-state index >= 15 is 0 Å². The number of hydrogen-bond donors (Lipinski definition) is 1. The summed E-state index contributed by atoms with van der Waals surface area (Å²) in [5.41, 5.74) is 0.131. The molecule has 0 amide bonds. The molecule has 0 spiro atoms. The van der Waals surface area contributed by atoms with Crippen LogP contribution in [0.4, 0.5) is 0 Å². The maximum Gasteiger partial charge on any atom is 0.118 e. The Morgan fingerprint density at radius 1 is 1.24 bits per heavy atom. The van der Waals surface area contributed by atoms with Crippen LogP contribution in [0.1, 0.15) is 71.3 Å². The lowest BCUT2D eigenvalue weighted by atomic mass is 9.98. The summed E-state index contributed by atoms with van der Waals surface area (Å²) in [6, 6.07) is 5.02. The fourth-order valence-corrected chi connectivity index (χ4v) is 3.08. The lowest BCUT2D eigenvalue weighted by Crippen LogP contribution is -2.38. The smallest absolute Gasteiger partial charge is 0.118 e. The molecule has 0 aliphatic carbocycles. The molecule has 1 unspecified atom stereocenters. The number of furan rings is 1. The quantitative estimate of drug-likeness (QED) is 0.846. The summed E-state index contributed by atoms with van der Waals surface area (Å²) in [5, 5.41) is 3.48. The number of hydrogen-bond acceptors (Lipinski definition) is 3. The van der Waals surface area contributed by atoms with Gasteiger partial charge in [-0.15, -0.1) is 0 Å². The molecule has 0 aromatic carbocycles. The van der Waals surface area contributed by atoms with Gasteiger partial charge < -0.3 is 9.73 Å². The average Bonchev–Trinajstić information content (AvgIpc) is 2.86. The van der Waals surface area contributed by atoms with Crippen molar-refractivity contribution in [1.29, 1.82) is 0 Å². The molecule has 1 aromatic rings. The zero-order valence-corrected chi connectivity index (χ0v) is 14.2. The fourth-order valence-electron chi connectivity index (χ4n) is 3.08. The van der Waals surface area contributed by atoms with Crippen molar-refractivity contribution in [3.05, 3.63) is 23.7 Å². The first-order chi connectivity index (χ1) is 9.98. The van der Waals surface area contributed by atoms with Crippen molar-refractivity contribution in [3.63, 3.8) is 0 Å². The highest BCUT2D eigenvalue weighted by Crippen LogP contribution is 2.23. The van der Waals surface area contributed by atoms with Crippen LogP contribution in [0.5, 0.6) is 0 Å². The monoisotopic (exact) mass is 292 g/mol. The van der Waals surface area contributed by atoms with Crippen molar-refractivity contribution < 1.29 is 4.42 Å². The molecule has 1 saturated heterocycles. The molecule has 1 fully saturated rings. The summed E-state index contributed by atoms with van der Waals surface area (Å²) in [6.45, 7) is 11.8. The van der Waals surface area contributed by atoms with Gasteiger partial charge in [0.2, 0.25) is 0 Å². The van der Waals surface area contributed by atoms with E-state index in [1.54, 1.807) is 0 Å². The zero-order valence-electron chi connectivity index (χ0n) is 14.2. The van der Waals surface area contributed by atoms with E-state index in [4.69, 9.17) is 4.42 Å². The Labute approximate surface area is 130 Å². The minimum absolute atomic E-state index is 0.131. The number of nitrogens with zero attached hydrogens (tertiary/aromatic N) is 1. The largest absolute Gasteiger partial charge is 0.463 e. The first kappa shape index (κ1) is 16.6. The summed E-state index contributed by atoms with van der Waals surface area (Å²) in [7, 11) is 0. The minimum Gasteiger partial charge on any atom is -0.463 e. The molecule has 3 nitrogen and oxygen atoms in total. The Bertz CT molecular complexity index is 417. The molecule has 3 heteroatoms. The topological polar surface area (TPSA) is 28.4 Å². The Morgan fingerprint density at radius 2 is 2.00 bits per heavy atom. The van der Waals surface area contributed by atoms with Crippen LogP contribution in [0.15, 0.2) is 16.5 Å². The van der Waals surface area contributed by atoms with Crippen LogP contribution in [0.3, 0.4) is 0 Å². The Kier molecular flexibility index (Phi) is 5.88. The fraction of sp³-hybridized carbons (Fsp3) is 0.778. The van der Waals surface area contributed by atoms with Crippen LogP contribution in [-0.2, 0) is 13.1 Å². The van der Waals surface area contributed by atoms with E-state index in [2.05, 4.69) is 50.0 Å². The molecule has 2 heterocycles. The van der Waals surface area contributed by atoms with E-state index < -0.39 is 0 Å². The third kappa shape index (κ3) is 5.48. The van der Waals surface area contributed by atoms with Crippen LogP contribution < -0.4 is 5.32 Å². The molecule has 1 N–H and O–H groups in total. The van der Waals surface area contributed by atoms with Crippen molar-refractivity contribution in [1.82, 2.24) is 10.2 Å². The third-order valence-electron chi connectivity index (χ3n) is 4.24. The summed E-state index contributed by atoms with van der Waals surface area (Å²) in [4.78, 5) is 2.62. The Hall–Kier alpha value is -0.800. The average molecular weight is 292 g/mol. The lowest BCUT2D eigenvalue weighted by Gasteiger charge is -2.35. The van der Waals surface area contributed by atoms with Gasteiger partial charge in [-0.2, -0.15) is 0 Å². The molecule has 120 valence electrons. The molecule has 1 aliphatic rings. The van der Waals surface area contributed by atoms with Gasteiger partial charge in [0, 0.05) is 11.6 Å². The summed E-state index contributed by atoms with van der Waals surface area (Å²) < 4.78 is 6.00. The van der Waals surface area contributed by atoms with E-state index in [1.165, 1.54) is 38.6 Å². The molecule has 0 bridgehead atoms. The second kappa shape index (κ2) is 7.46. The molecule has 2 rings (SSSR count). The van der Waals surface area contributed by atoms with Crippen molar-refractivity contribution in [2.75, 3.05) is 6.54 Å². The number of nitrogens with one attached hydrogen (secondary N) is 1. The van der Waals surface area contributed by atoms with Gasteiger partial charge >= 0.3 is 0 Å². The molecule has 0 radical (unpaired) electrons. The molecular formula is C18H32N2O. The second-order valence-electron chi connectivity index (χ2n) is 7.38. The van der Waals surface area contributed by atoms with Crippen molar-refractivity contribution >= 4 is 0 Å². The van der Waals surface area contributed by atoms with E-state index in [0.717, 1.165) is 30.7 Å². The molecule has 0 saturated carbocycles. The van der Waals surface area contributed by atoms with Gasteiger partial charge in [-0.1, -0.05) is 19.8 Å². The first-order valence-corrected chi connectivity index (χ1v) is 8.54. The number of rotatable bonds is 6. The van der Waals surface area contributed by atoms with Gasteiger partial charge in [0.05, 0.1) is 13.1 Å². The van der Waals surface area contributed by atoms with Crippen molar-refractivity contribution in [2.24, 2.45) is 0 Å². The van der Waals surface area contributed by atoms with Gasteiger partial charge in [0.25, 0.3) is 0 Å². The first-order valence-electron chi connectivity index (χ1n) is 8.54. The molecule has 1 atom stereocenters. The highest BCUT2D eigenvalue weighted by Gasteiger charge is 2.22. The lowest BCUT2D eigenvalue weighted by molar-refractivity contribution is 0.121. The van der Waals surface area contributed by atoms with Crippen LogP contribution in [0.2, 0.25) is 0 Å². The highest BCUT2D eigenvalue weighted by molar-refractivity contribution is 5.07. The van der Waals surface area contributed by atoms with Crippen LogP contribution in [-0.4, -0.2) is 23.0 Å². The Morgan fingerprint density at radius 3 is 2.71 bits per heavy atom. The number of piperidine rings is 1. The second-order valence-corrected chi connectivity index (χ2v) is 7.38. The molecule has 21 heavy (non-hydrogen) atoms. The summed E-state index contributed by atoms with van der Waals surface area (Å²) in [5.74, 6) is 2.16. The van der Waals surface area contributed by atoms with Gasteiger partial charge in [0.15, 0.2) is 0 Å². The van der Waals surface area contributed by atoms with Crippen LogP contribution >= 0.6 is 0 Å². The van der Waals surface area contributed by atoms with E-state index in [0.29, 0.717) is 0 Å². The highest BCUT2D eigenvalue weighted by atomic mass is 16.3. The maximum absolute atomic E-state index is 6.00. The minimum atomic E-state index is 0.131. The summed E-state index contributed by atoms with van der Waals surface area (Å²) in [6.07, 6.45) is 6.67. The van der Waals surface area contributed by atoms with Crippen molar-refractivity contribution in [2.45, 2.75) is 84.5 Å². The van der Waals surface area contributed by atoms with Gasteiger partial charge in [-0.25, -0.2) is 0 Å². The normalized spacial score (nSPS) is 20.9. The Balaban J connectivity index is 1.88. The molecule has 1 aromatic heterocycles. The standard InChI is InChI=1S/C18H32N2O/c1-5-8-15-9-6-7-12-20(15)14-17-11-10-16(21-17)13-19-18(2,3)4/h10-11,15,19H,5-9,12-14H2,1-4H3. The van der Waals surface area contributed by atoms with Crippen molar-refractivity contribution in [3.8, 4) is 0 Å². The third-order valence-corrected chi connectivity index (χ3v) is 4.24. The summed E-state index contributed by atoms with van der Waals surface area (Å²) >= 11 is 0. The van der Waals surface area contributed by atoms with E-state index in [1.807, 2.05) is 0 Å². The van der Waals surface area contributed by atoms with E-state index in [-0.39, 0.29) is 5.54 Å². The predicted molar refractivity (Wildman–Crippen MR) is 88.3 cm³/mol. The van der Waals surface area contributed by atoms with Crippen LogP contribution in [0.25, 0.3) is 0 Å². The number of likely N-dealkylation sites (tertiary alicyclic amines) is 1. The van der Waals surface area contributed by atoms with E-state index in [9.17, 15) is 0 Å². The zero-order chi connectivity index (χ0) is 15.3. The molecule has 1 aliphatic heterocycles. The SMILES string of the molecule is CCCC1CCCCN1Cc1ccc(CNC(C)(C)C)o1. The molecular weight excluding hydrogens is 260 g/mol. The van der Waals surface area contributed by atoms with Gasteiger partial charge in [-0.3, -0.25) is 4.90 Å². The van der Waals surface area contributed by atoms with Crippen LogP contribution in [0, 0.1) is 0 Å². The van der Waals surface area contributed by atoms with Gasteiger partial charge in [-0.05, 0) is 58.7 Å². The van der Waals surface area contributed by atoms with Gasteiger partial charge in [0.1, 0.15) is 11.5 Å².